The highest BCUT2D eigenvalue weighted by Crippen LogP contribution is 2.43. The van der Waals surface area contributed by atoms with Crippen LogP contribution in [0.4, 0.5) is 0 Å². The summed E-state index contributed by atoms with van der Waals surface area (Å²) >= 11 is 12.6. The summed E-state index contributed by atoms with van der Waals surface area (Å²) in [6.07, 6.45) is 1.11. The van der Waals surface area contributed by atoms with Gasteiger partial charge >= 0.3 is 5.97 Å². The van der Waals surface area contributed by atoms with E-state index in [1.165, 1.54) is 5.56 Å². The predicted octanol–water partition coefficient (Wildman–Crippen LogP) is 8.26. The third-order valence-electron chi connectivity index (χ3n) is 7.57. The van der Waals surface area contributed by atoms with E-state index in [4.69, 9.17) is 28.3 Å². The van der Waals surface area contributed by atoms with Gasteiger partial charge in [-0.25, -0.2) is 0 Å². The highest BCUT2D eigenvalue weighted by atomic mass is 35.5. The van der Waals surface area contributed by atoms with Gasteiger partial charge in [0.15, 0.2) is 5.78 Å². The van der Waals surface area contributed by atoms with Crippen molar-refractivity contribution < 1.29 is 19.5 Å². The van der Waals surface area contributed by atoms with Crippen molar-refractivity contribution in [2.24, 2.45) is 0 Å². The first-order valence-electron chi connectivity index (χ1n) is 13.3. The van der Waals surface area contributed by atoms with Crippen LogP contribution in [-0.4, -0.2) is 34.2 Å². The van der Waals surface area contributed by atoms with E-state index in [9.17, 15) is 14.4 Å². The van der Waals surface area contributed by atoms with Crippen LogP contribution >= 0.6 is 23.2 Å². The number of carboxylic acids is 1. The summed E-state index contributed by atoms with van der Waals surface area (Å²) in [6, 6.07) is 24.7. The predicted molar refractivity (Wildman–Crippen MR) is 159 cm³/mol. The summed E-state index contributed by atoms with van der Waals surface area (Å²) < 4.78 is 0. The number of aliphatic carboxylic acids is 1. The Bertz CT molecular complexity index is 1580. The monoisotopic (exact) mass is 573 g/mol. The van der Waals surface area contributed by atoms with Gasteiger partial charge in [-0.3, -0.25) is 14.4 Å². The highest BCUT2D eigenvalue weighted by Gasteiger charge is 2.37. The van der Waals surface area contributed by atoms with Gasteiger partial charge in [0.2, 0.25) is 0 Å². The minimum absolute atomic E-state index is 0.0496. The molecule has 5 nitrogen and oxygen atoms in total. The Morgan fingerprint density at radius 2 is 1.45 bits per heavy atom. The van der Waals surface area contributed by atoms with Gasteiger partial charge < -0.3 is 10.0 Å². The molecule has 0 bridgehead atoms. The van der Waals surface area contributed by atoms with Crippen LogP contribution in [0.1, 0.15) is 75.0 Å². The van der Waals surface area contributed by atoms with Gasteiger partial charge in [0.25, 0.3) is 5.91 Å². The SMILES string of the molecule is Cc1ccc2cc([C@H]3C[C@@H](c4cc(Cl)cc(Cl)c4)CN3C(=O)c3ccc(C(=O)CCCC(=O)O)cc3)ccc2c1. The van der Waals surface area contributed by atoms with Crippen molar-refractivity contribution in [1.82, 2.24) is 4.90 Å². The van der Waals surface area contributed by atoms with E-state index in [0.29, 0.717) is 27.7 Å². The lowest BCUT2D eigenvalue weighted by Gasteiger charge is -2.25. The molecule has 40 heavy (non-hydrogen) atoms. The molecule has 0 saturated carbocycles. The number of halogens is 2. The number of hydrogen-bond donors (Lipinski definition) is 1. The molecule has 2 atom stereocenters. The van der Waals surface area contributed by atoms with Crippen molar-refractivity contribution in [2.45, 2.75) is 44.6 Å². The molecule has 7 heteroatoms. The second-order valence-electron chi connectivity index (χ2n) is 10.5. The average molecular weight is 575 g/mol. The molecule has 0 aliphatic carbocycles. The van der Waals surface area contributed by atoms with Crippen LogP contribution in [0.2, 0.25) is 10.0 Å². The number of rotatable bonds is 8. The van der Waals surface area contributed by atoms with E-state index >= 15 is 0 Å². The smallest absolute Gasteiger partial charge is 0.303 e. The van der Waals surface area contributed by atoms with Crippen molar-refractivity contribution in [3.8, 4) is 0 Å². The Labute approximate surface area is 243 Å². The van der Waals surface area contributed by atoms with E-state index in [0.717, 1.165) is 28.3 Å². The maximum absolute atomic E-state index is 13.9. The molecule has 5 rings (SSSR count). The molecular formula is C33H29Cl2NO4. The summed E-state index contributed by atoms with van der Waals surface area (Å²) in [5, 5.41) is 12.2. The molecule has 204 valence electrons. The van der Waals surface area contributed by atoms with Crippen LogP contribution < -0.4 is 0 Å². The van der Waals surface area contributed by atoms with E-state index in [1.807, 2.05) is 17.0 Å². The number of carboxylic acid groups (broad SMARTS) is 1. The quantitative estimate of drug-likeness (QED) is 0.215. The number of likely N-dealkylation sites (tertiary alicyclic amines) is 1. The van der Waals surface area contributed by atoms with Gasteiger partial charge in [0.05, 0.1) is 6.04 Å². The van der Waals surface area contributed by atoms with E-state index in [2.05, 4.69) is 43.3 Å². The summed E-state index contributed by atoms with van der Waals surface area (Å²) in [6.45, 7) is 2.57. The molecule has 1 amide bonds. The number of aryl methyl sites for hydroxylation is 1. The van der Waals surface area contributed by atoms with Gasteiger partial charge in [0, 0.05) is 46.5 Å². The summed E-state index contributed by atoms with van der Waals surface area (Å²) in [5.74, 6) is -1.12. The van der Waals surface area contributed by atoms with Gasteiger partial charge in [-0.15, -0.1) is 0 Å². The molecule has 1 N–H and O–H groups in total. The maximum Gasteiger partial charge on any atom is 0.303 e. The van der Waals surface area contributed by atoms with Crippen LogP contribution in [0, 0.1) is 6.92 Å². The molecule has 0 unspecified atom stereocenters. The minimum Gasteiger partial charge on any atom is -0.481 e. The normalized spacial score (nSPS) is 16.8. The van der Waals surface area contributed by atoms with Gasteiger partial charge in [-0.1, -0.05) is 71.2 Å². The number of carbonyl (C=O) groups is 3. The van der Waals surface area contributed by atoms with Crippen molar-refractivity contribution in [3.05, 3.63) is 117 Å². The van der Waals surface area contributed by atoms with Gasteiger partial charge in [-0.05, 0) is 78.1 Å². The number of amides is 1. The van der Waals surface area contributed by atoms with Crippen molar-refractivity contribution >= 4 is 51.6 Å². The molecule has 0 aromatic heterocycles. The zero-order chi connectivity index (χ0) is 28.4. The molecule has 1 heterocycles. The van der Waals surface area contributed by atoms with Crippen LogP contribution in [0.5, 0.6) is 0 Å². The first-order valence-corrected chi connectivity index (χ1v) is 14.1. The second-order valence-corrected chi connectivity index (χ2v) is 11.3. The van der Waals surface area contributed by atoms with Crippen molar-refractivity contribution in [2.75, 3.05) is 6.54 Å². The number of fused-ring (bicyclic) bond motifs is 1. The number of nitrogens with zero attached hydrogens (tertiary/aromatic N) is 1. The highest BCUT2D eigenvalue weighted by molar-refractivity contribution is 6.34. The maximum atomic E-state index is 13.9. The van der Waals surface area contributed by atoms with E-state index in [-0.39, 0.29) is 42.9 Å². The van der Waals surface area contributed by atoms with Crippen LogP contribution in [0.25, 0.3) is 10.8 Å². The van der Waals surface area contributed by atoms with Gasteiger partial charge in [-0.2, -0.15) is 0 Å². The first-order chi connectivity index (χ1) is 19.2. The standard InChI is InChI=1S/C33H29Cl2NO4/c1-20-5-6-24-14-25(12-11-23(24)13-20)30-17-27(26-15-28(34)18-29(35)16-26)19-36(30)33(40)22-9-7-21(8-10-22)31(37)3-2-4-32(38)39/h5-16,18,27,30H,2-4,17,19H2,1H3,(H,38,39)/t27-,30-/m1/s1. The number of ketones is 1. The molecule has 1 aliphatic rings. The fourth-order valence-corrected chi connectivity index (χ4v) is 6.07. The largest absolute Gasteiger partial charge is 0.481 e. The summed E-state index contributed by atoms with van der Waals surface area (Å²) in [5.41, 5.74) is 4.21. The van der Waals surface area contributed by atoms with Crippen LogP contribution in [0.15, 0.2) is 78.9 Å². The number of benzene rings is 4. The number of Topliss-reactive ketones (excluding diaryl/α,β-unsaturated/α-hetero) is 1. The van der Waals surface area contributed by atoms with Crippen molar-refractivity contribution in [1.29, 1.82) is 0 Å². The Balaban J connectivity index is 1.43. The fraction of sp³-hybridized carbons (Fsp3) is 0.242. The summed E-state index contributed by atoms with van der Waals surface area (Å²) in [7, 11) is 0. The van der Waals surface area contributed by atoms with Gasteiger partial charge in [0.1, 0.15) is 0 Å². The molecule has 1 saturated heterocycles. The molecule has 0 spiro atoms. The van der Waals surface area contributed by atoms with E-state index < -0.39 is 5.97 Å². The first kappa shape index (κ1) is 27.9. The second kappa shape index (κ2) is 11.8. The fourth-order valence-electron chi connectivity index (χ4n) is 5.53. The molecule has 4 aromatic carbocycles. The Morgan fingerprint density at radius 1 is 0.800 bits per heavy atom. The molecule has 4 aromatic rings. The average Bonchev–Trinajstić information content (AvgIpc) is 3.37. The molecular weight excluding hydrogens is 545 g/mol. The molecule has 1 aliphatic heterocycles. The summed E-state index contributed by atoms with van der Waals surface area (Å²) in [4.78, 5) is 39.0. The van der Waals surface area contributed by atoms with Crippen LogP contribution in [-0.2, 0) is 4.79 Å². The molecule has 0 radical (unpaired) electrons. The topological polar surface area (TPSA) is 74.7 Å². The molecule has 1 fully saturated rings. The number of hydrogen-bond acceptors (Lipinski definition) is 3. The minimum atomic E-state index is -0.922. The number of carbonyl (C=O) groups excluding carboxylic acids is 2. The lowest BCUT2D eigenvalue weighted by molar-refractivity contribution is -0.137. The van der Waals surface area contributed by atoms with E-state index in [1.54, 1.807) is 30.3 Å². The Morgan fingerprint density at radius 3 is 2.15 bits per heavy atom. The zero-order valence-electron chi connectivity index (χ0n) is 22.1. The third kappa shape index (κ3) is 6.22. The Kier molecular flexibility index (Phi) is 8.24. The zero-order valence-corrected chi connectivity index (χ0v) is 23.6. The third-order valence-corrected chi connectivity index (χ3v) is 8.01. The lowest BCUT2D eigenvalue weighted by atomic mass is 9.93. The Hall–Kier alpha value is -3.67. The van der Waals surface area contributed by atoms with Crippen molar-refractivity contribution in [3.63, 3.8) is 0 Å². The lowest BCUT2D eigenvalue weighted by Crippen LogP contribution is -2.31. The van der Waals surface area contributed by atoms with Crippen LogP contribution in [0.3, 0.4) is 0 Å².